The molecule has 11 aromatic rings. The first-order chi connectivity index (χ1) is 27.7. The average molecular weight is 717 g/mol. The predicted molar refractivity (Wildman–Crippen MR) is 232 cm³/mol. The largest absolute Gasteiger partial charge is 0.456 e. The molecule has 3 heterocycles. The Morgan fingerprint density at radius 3 is 1.96 bits per heavy atom. The minimum Gasteiger partial charge on any atom is -0.456 e. The van der Waals surface area contributed by atoms with Crippen molar-refractivity contribution in [1.82, 2.24) is 9.88 Å². The number of fused-ring (bicyclic) bond motifs is 9. The van der Waals surface area contributed by atoms with Crippen molar-refractivity contribution in [3.05, 3.63) is 199 Å². The van der Waals surface area contributed by atoms with Crippen molar-refractivity contribution in [3.63, 3.8) is 0 Å². The Hall–Kier alpha value is -7.50. The number of furan rings is 1. The summed E-state index contributed by atoms with van der Waals surface area (Å²) in [4.78, 5) is 10.7. The Morgan fingerprint density at radius 1 is 0.482 bits per heavy atom. The third-order valence-corrected chi connectivity index (χ3v) is 11.4. The Balaban J connectivity index is 1.15. The maximum atomic E-state index is 6.73. The first-order valence-electron chi connectivity index (χ1n) is 19.0. The molecule has 0 fully saturated rings. The van der Waals surface area contributed by atoms with Crippen molar-refractivity contribution < 1.29 is 4.42 Å². The van der Waals surface area contributed by atoms with Gasteiger partial charge in [-0.1, -0.05) is 146 Å². The molecule has 9 aromatic carbocycles. The summed E-state index contributed by atoms with van der Waals surface area (Å²) < 4.78 is 9.14. The summed E-state index contributed by atoms with van der Waals surface area (Å²) in [7, 11) is 0. The summed E-state index contributed by atoms with van der Waals surface area (Å²) in [6, 6.07) is 64.5. The minimum absolute atomic E-state index is 0.392. The van der Waals surface area contributed by atoms with Gasteiger partial charge in [-0.3, -0.25) is 0 Å². The summed E-state index contributed by atoms with van der Waals surface area (Å²) in [6.07, 6.45) is -0.392. The zero-order valence-electron chi connectivity index (χ0n) is 30.1. The van der Waals surface area contributed by atoms with E-state index in [0.717, 1.165) is 77.3 Å². The van der Waals surface area contributed by atoms with Crippen molar-refractivity contribution >= 4 is 87.7 Å². The van der Waals surface area contributed by atoms with Crippen LogP contribution in [0.5, 0.6) is 0 Å². The standard InChI is InChI=1S/C51H32N4O/c1-2-16-34-28-44-42(27-33(34)15-1)38-21-7-9-25-43(38)55(44)45-29-35(30-47-48(45)41-22-8-10-26-46(41)56-47)49-52-50(39-23-11-17-31-13-3-5-19-36(31)39)54-51(53-49)40-24-12-18-32-14-4-6-20-37(32)40/h1-30,50H,(H,52,53,54). The van der Waals surface area contributed by atoms with Crippen LogP contribution < -0.4 is 5.32 Å². The van der Waals surface area contributed by atoms with Gasteiger partial charge in [0.05, 0.1) is 22.1 Å². The van der Waals surface area contributed by atoms with Crippen LogP contribution >= 0.6 is 0 Å². The number of aliphatic imine (C=N–C) groups is 2. The fraction of sp³-hybridized carbons (Fsp3) is 0.0196. The van der Waals surface area contributed by atoms with Crippen LogP contribution in [0.2, 0.25) is 0 Å². The molecule has 5 heteroatoms. The zero-order chi connectivity index (χ0) is 36.7. The third kappa shape index (κ3) is 4.67. The number of amidine groups is 2. The fourth-order valence-corrected chi connectivity index (χ4v) is 8.85. The monoisotopic (exact) mass is 716 g/mol. The SMILES string of the molecule is c1ccc2cc3c(cc2c1)c1ccccc1n3-c1cc(C2=NC(c3cccc4ccccc34)=NC(c3cccc4ccccc34)N2)cc2oc3ccccc3c12. The van der Waals surface area contributed by atoms with Gasteiger partial charge in [-0.2, -0.15) is 0 Å². The molecule has 56 heavy (non-hydrogen) atoms. The fourth-order valence-electron chi connectivity index (χ4n) is 8.85. The van der Waals surface area contributed by atoms with Gasteiger partial charge in [0, 0.05) is 32.8 Å². The van der Waals surface area contributed by atoms with Gasteiger partial charge < -0.3 is 14.3 Å². The highest BCUT2D eigenvalue weighted by Gasteiger charge is 2.26. The van der Waals surface area contributed by atoms with E-state index >= 15 is 0 Å². The maximum absolute atomic E-state index is 6.73. The molecule has 0 spiro atoms. The molecular weight excluding hydrogens is 685 g/mol. The van der Waals surface area contributed by atoms with Crippen molar-refractivity contribution in [1.29, 1.82) is 0 Å². The van der Waals surface area contributed by atoms with E-state index in [1.807, 2.05) is 6.07 Å². The van der Waals surface area contributed by atoms with Crippen molar-refractivity contribution in [3.8, 4) is 5.69 Å². The number of nitrogens with zero attached hydrogens (tertiary/aromatic N) is 3. The van der Waals surface area contributed by atoms with Gasteiger partial charge in [-0.05, 0) is 68.7 Å². The van der Waals surface area contributed by atoms with Crippen LogP contribution in [0.3, 0.4) is 0 Å². The number of nitrogens with one attached hydrogen (secondary N) is 1. The normalized spacial score (nSPS) is 14.6. The van der Waals surface area contributed by atoms with Gasteiger partial charge in [-0.25, -0.2) is 9.98 Å². The highest BCUT2D eigenvalue weighted by molar-refractivity contribution is 6.21. The second-order valence-corrected chi connectivity index (χ2v) is 14.6. The predicted octanol–water partition coefficient (Wildman–Crippen LogP) is 12.6. The molecule has 262 valence electrons. The molecule has 0 saturated carbocycles. The van der Waals surface area contributed by atoms with Gasteiger partial charge in [0.25, 0.3) is 0 Å². The Labute approximate surface area is 321 Å². The molecule has 0 saturated heterocycles. The molecule has 1 atom stereocenters. The van der Waals surface area contributed by atoms with Gasteiger partial charge in [0.15, 0.2) is 5.84 Å². The minimum atomic E-state index is -0.392. The Kier molecular flexibility index (Phi) is 6.63. The molecular formula is C51H32N4O. The highest BCUT2D eigenvalue weighted by Crippen LogP contribution is 2.41. The van der Waals surface area contributed by atoms with Crippen LogP contribution in [-0.4, -0.2) is 16.2 Å². The second kappa shape index (κ2) is 12.0. The number of benzene rings is 9. The van der Waals surface area contributed by atoms with Gasteiger partial charge >= 0.3 is 0 Å². The van der Waals surface area contributed by atoms with Crippen molar-refractivity contribution in [2.75, 3.05) is 0 Å². The smallest absolute Gasteiger partial charge is 0.160 e. The third-order valence-electron chi connectivity index (χ3n) is 11.4. The number of para-hydroxylation sites is 2. The summed E-state index contributed by atoms with van der Waals surface area (Å²) in [5.41, 5.74) is 7.94. The number of rotatable bonds is 4. The highest BCUT2D eigenvalue weighted by atomic mass is 16.3. The molecule has 0 radical (unpaired) electrons. The topological polar surface area (TPSA) is 54.8 Å². The van der Waals surface area contributed by atoms with Crippen LogP contribution in [0, 0.1) is 0 Å². The maximum Gasteiger partial charge on any atom is 0.160 e. The molecule has 5 nitrogen and oxygen atoms in total. The summed E-state index contributed by atoms with van der Waals surface area (Å²) in [6.45, 7) is 0. The quantitative estimate of drug-likeness (QED) is 0.197. The van der Waals surface area contributed by atoms with Gasteiger partial charge in [0.2, 0.25) is 0 Å². The number of aromatic nitrogens is 1. The van der Waals surface area contributed by atoms with Crippen LogP contribution in [-0.2, 0) is 0 Å². The molecule has 1 aliphatic heterocycles. The zero-order valence-corrected chi connectivity index (χ0v) is 30.1. The molecule has 1 aliphatic rings. The van der Waals surface area contributed by atoms with Crippen LogP contribution in [0.4, 0.5) is 0 Å². The lowest BCUT2D eigenvalue weighted by Crippen LogP contribution is -2.33. The lowest BCUT2D eigenvalue weighted by Gasteiger charge is -2.25. The summed E-state index contributed by atoms with van der Waals surface area (Å²) >= 11 is 0. The van der Waals surface area contributed by atoms with Crippen LogP contribution in [0.25, 0.3) is 81.7 Å². The number of hydrogen-bond donors (Lipinski definition) is 1. The van der Waals surface area contributed by atoms with Crippen LogP contribution in [0.15, 0.2) is 196 Å². The van der Waals surface area contributed by atoms with E-state index < -0.39 is 6.17 Å². The second-order valence-electron chi connectivity index (χ2n) is 14.6. The number of hydrogen-bond acceptors (Lipinski definition) is 4. The lowest BCUT2D eigenvalue weighted by atomic mass is 10.00. The molecule has 1 N–H and O–H groups in total. The van der Waals surface area contributed by atoms with Gasteiger partial charge in [0.1, 0.15) is 23.2 Å². The summed E-state index contributed by atoms with van der Waals surface area (Å²) in [5.74, 6) is 1.42. The molecule has 12 rings (SSSR count). The van der Waals surface area contributed by atoms with E-state index in [4.69, 9.17) is 14.4 Å². The van der Waals surface area contributed by atoms with Crippen LogP contribution in [0.1, 0.15) is 22.9 Å². The van der Waals surface area contributed by atoms with E-state index in [1.165, 1.54) is 26.9 Å². The van der Waals surface area contributed by atoms with E-state index in [0.29, 0.717) is 5.84 Å². The molecule has 0 amide bonds. The van der Waals surface area contributed by atoms with E-state index in [-0.39, 0.29) is 0 Å². The molecule has 2 aromatic heterocycles. The first kappa shape index (κ1) is 30.9. The average Bonchev–Trinajstić information content (AvgIpc) is 3.80. The van der Waals surface area contributed by atoms with E-state index in [1.54, 1.807) is 0 Å². The Bertz CT molecular complexity index is 3470. The first-order valence-corrected chi connectivity index (χ1v) is 19.0. The molecule has 0 aliphatic carbocycles. The van der Waals surface area contributed by atoms with E-state index in [9.17, 15) is 0 Å². The molecule has 1 unspecified atom stereocenters. The van der Waals surface area contributed by atoms with Crippen molar-refractivity contribution in [2.24, 2.45) is 9.98 Å². The lowest BCUT2D eigenvalue weighted by molar-refractivity contribution is 0.667. The van der Waals surface area contributed by atoms with Gasteiger partial charge in [-0.15, -0.1) is 0 Å². The van der Waals surface area contributed by atoms with Crippen molar-refractivity contribution in [2.45, 2.75) is 6.17 Å². The molecule has 0 bridgehead atoms. The summed E-state index contributed by atoms with van der Waals surface area (Å²) in [5, 5.41) is 15.3. The Morgan fingerprint density at radius 2 is 1.12 bits per heavy atom. The van der Waals surface area contributed by atoms with E-state index in [2.05, 4.69) is 186 Å².